The van der Waals surface area contributed by atoms with E-state index in [2.05, 4.69) is 25.2 Å². The molecule has 1 aliphatic rings. The topological polar surface area (TPSA) is 47.3 Å². The van der Waals surface area contributed by atoms with E-state index in [1.807, 2.05) is 18.2 Å². The van der Waals surface area contributed by atoms with E-state index in [4.69, 9.17) is 10.5 Å². The molecule has 0 spiro atoms. The quantitative estimate of drug-likeness (QED) is 0.787. The predicted molar refractivity (Wildman–Crippen MR) is 70.8 cm³/mol. The fourth-order valence-electron chi connectivity index (χ4n) is 2.42. The molecule has 1 heterocycles. The third-order valence-corrected chi connectivity index (χ3v) is 3.45. The number of nitrogen functional groups attached to an aromatic ring is 1. The number of hydrogen-bond donors (Lipinski definition) is 2. The van der Waals surface area contributed by atoms with Crippen molar-refractivity contribution in [2.24, 2.45) is 0 Å². The number of rotatable bonds is 4. The summed E-state index contributed by atoms with van der Waals surface area (Å²) < 4.78 is 5.69. The second-order valence-electron chi connectivity index (χ2n) is 4.90. The maximum Gasteiger partial charge on any atom is 0.0726 e. The van der Waals surface area contributed by atoms with E-state index < -0.39 is 0 Å². The van der Waals surface area contributed by atoms with Crippen molar-refractivity contribution in [3.05, 3.63) is 29.8 Å². The number of hydrogen-bond acceptors (Lipinski definition) is 3. The van der Waals surface area contributed by atoms with Crippen molar-refractivity contribution < 1.29 is 4.74 Å². The van der Waals surface area contributed by atoms with Gasteiger partial charge in [-0.2, -0.15) is 0 Å². The molecule has 94 valence electrons. The summed E-state index contributed by atoms with van der Waals surface area (Å²) >= 11 is 0. The molecule has 0 aromatic heterocycles. The van der Waals surface area contributed by atoms with E-state index in [-0.39, 0.29) is 0 Å². The largest absolute Gasteiger partial charge is 0.399 e. The van der Waals surface area contributed by atoms with Crippen molar-refractivity contribution in [1.29, 1.82) is 0 Å². The van der Waals surface area contributed by atoms with Gasteiger partial charge in [0.15, 0.2) is 0 Å². The Morgan fingerprint density at radius 2 is 2.24 bits per heavy atom. The standard InChI is InChI=1S/C14H22N2O/c1-10(12-5-3-6-13(15)9-12)16-11(2)14-7-4-8-17-14/h3,5-6,9-11,14,16H,4,7-8,15H2,1-2H3. The van der Waals surface area contributed by atoms with E-state index >= 15 is 0 Å². The first-order valence-corrected chi connectivity index (χ1v) is 6.40. The third kappa shape index (κ3) is 3.20. The van der Waals surface area contributed by atoms with Crippen molar-refractivity contribution in [2.45, 2.75) is 44.9 Å². The molecule has 1 aliphatic heterocycles. The molecule has 0 amide bonds. The third-order valence-electron chi connectivity index (χ3n) is 3.45. The van der Waals surface area contributed by atoms with Crippen molar-refractivity contribution in [2.75, 3.05) is 12.3 Å². The van der Waals surface area contributed by atoms with Gasteiger partial charge in [0.25, 0.3) is 0 Å². The Hall–Kier alpha value is -1.06. The van der Waals surface area contributed by atoms with Crippen LogP contribution in [-0.4, -0.2) is 18.8 Å². The fourth-order valence-corrected chi connectivity index (χ4v) is 2.42. The summed E-state index contributed by atoms with van der Waals surface area (Å²) in [4.78, 5) is 0. The van der Waals surface area contributed by atoms with Gasteiger partial charge in [0.2, 0.25) is 0 Å². The lowest BCUT2D eigenvalue weighted by Crippen LogP contribution is -2.38. The first kappa shape index (κ1) is 12.4. The van der Waals surface area contributed by atoms with Gasteiger partial charge >= 0.3 is 0 Å². The zero-order chi connectivity index (χ0) is 12.3. The van der Waals surface area contributed by atoms with E-state index in [0.717, 1.165) is 18.7 Å². The average Bonchev–Trinajstić information content (AvgIpc) is 2.82. The van der Waals surface area contributed by atoms with Crippen LogP contribution in [0.3, 0.4) is 0 Å². The molecular formula is C14H22N2O. The molecule has 1 saturated heterocycles. The normalized spacial score (nSPS) is 23.5. The Kier molecular flexibility index (Phi) is 4.02. The van der Waals surface area contributed by atoms with Crippen LogP contribution in [-0.2, 0) is 4.74 Å². The summed E-state index contributed by atoms with van der Waals surface area (Å²) in [5, 5.41) is 3.58. The summed E-state index contributed by atoms with van der Waals surface area (Å²) in [6.07, 6.45) is 2.71. The van der Waals surface area contributed by atoms with Crippen LogP contribution in [0.1, 0.15) is 38.3 Å². The molecule has 3 N–H and O–H groups in total. The van der Waals surface area contributed by atoms with Gasteiger partial charge in [-0.15, -0.1) is 0 Å². The summed E-state index contributed by atoms with van der Waals surface area (Å²) in [5.41, 5.74) is 7.85. The Morgan fingerprint density at radius 1 is 1.41 bits per heavy atom. The van der Waals surface area contributed by atoms with Gasteiger partial charge in [-0.25, -0.2) is 0 Å². The summed E-state index contributed by atoms with van der Waals surface area (Å²) in [7, 11) is 0. The lowest BCUT2D eigenvalue weighted by molar-refractivity contribution is 0.0804. The maximum absolute atomic E-state index is 5.80. The van der Waals surface area contributed by atoms with Crippen LogP contribution in [0.2, 0.25) is 0 Å². The Balaban J connectivity index is 1.93. The number of nitrogens with one attached hydrogen (secondary N) is 1. The van der Waals surface area contributed by atoms with E-state index in [9.17, 15) is 0 Å². The monoisotopic (exact) mass is 234 g/mol. The van der Waals surface area contributed by atoms with Crippen molar-refractivity contribution >= 4 is 5.69 Å². The molecule has 0 saturated carbocycles. The molecule has 0 aliphatic carbocycles. The second kappa shape index (κ2) is 5.52. The molecule has 17 heavy (non-hydrogen) atoms. The number of nitrogens with two attached hydrogens (primary N) is 1. The first-order chi connectivity index (χ1) is 8.16. The minimum atomic E-state index is 0.303. The highest BCUT2D eigenvalue weighted by atomic mass is 16.5. The molecule has 2 rings (SSSR count). The molecule has 3 atom stereocenters. The first-order valence-electron chi connectivity index (χ1n) is 6.40. The van der Waals surface area contributed by atoms with Crippen molar-refractivity contribution in [3.63, 3.8) is 0 Å². The van der Waals surface area contributed by atoms with Gasteiger partial charge in [0.1, 0.15) is 0 Å². The zero-order valence-electron chi connectivity index (χ0n) is 10.6. The molecular weight excluding hydrogens is 212 g/mol. The highest BCUT2D eigenvalue weighted by Gasteiger charge is 2.23. The van der Waals surface area contributed by atoms with Gasteiger partial charge in [0, 0.05) is 24.4 Å². The highest BCUT2D eigenvalue weighted by molar-refractivity contribution is 5.41. The lowest BCUT2D eigenvalue weighted by Gasteiger charge is -2.24. The number of anilines is 1. The number of benzene rings is 1. The molecule has 3 unspecified atom stereocenters. The highest BCUT2D eigenvalue weighted by Crippen LogP contribution is 2.20. The van der Waals surface area contributed by atoms with Crippen LogP contribution >= 0.6 is 0 Å². The van der Waals surface area contributed by atoms with Crippen LogP contribution in [0.4, 0.5) is 5.69 Å². The van der Waals surface area contributed by atoms with Gasteiger partial charge in [-0.05, 0) is 44.4 Å². The minimum absolute atomic E-state index is 0.303. The molecule has 1 aromatic carbocycles. The van der Waals surface area contributed by atoms with Crippen LogP contribution < -0.4 is 11.1 Å². The second-order valence-corrected chi connectivity index (χ2v) is 4.90. The van der Waals surface area contributed by atoms with E-state index in [1.54, 1.807) is 0 Å². The Labute approximate surface area is 103 Å². The summed E-state index contributed by atoms with van der Waals surface area (Å²) in [6.45, 7) is 5.27. The van der Waals surface area contributed by atoms with Crippen molar-refractivity contribution in [3.8, 4) is 0 Å². The van der Waals surface area contributed by atoms with Crippen LogP contribution in [0.5, 0.6) is 0 Å². The fraction of sp³-hybridized carbons (Fsp3) is 0.571. The van der Waals surface area contributed by atoms with Gasteiger partial charge < -0.3 is 15.8 Å². The van der Waals surface area contributed by atoms with Crippen LogP contribution in [0, 0.1) is 0 Å². The van der Waals surface area contributed by atoms with Gasteiger partial charge in [-0.1, -0.05) is 12.1 Å². The number of ether oxygens (including phenoxy) is 1. The molecule has 3 heteroatoms. The average molecular weight is 234 g/mol. The van der Waals surface area contributed by atoms with Gasteiger partial charge in [0.05, 0.1) is 6.10 Å². The zero-order valence-corrected chi connectivity index (χ0v) is 10.6. The smallest absolute Gasteiger partial charge is 0.0726 e. The molecule has 1 fully saturated rings. The minimum Gasteiger partial charge on any atom is -0.399 e. The SMILES string of the molecule is CC(NC(C)C1CCCO1)c1cccc(N)c1. The van der Waals surface area contributed by atoms with Crippen LogP contribution in [0.25, 0.3) is 0 Å². The predicted octanol–water partition coefficient (Wildman–Crippen LogP) is 2.49. The Morgan fingerprint density at radius 3 is 2.88 bits per heavy atom. The van der Waals surface area contributed by atoms with E-state index in [1.165, 1.54) is 12.0 Å². The molecule has 3 nitrogen and oxygen atoms in total. The van der Waals surface area contributed by atoms with Crippen LogP contribution in [0.15, 0.2) is 24.3 Å². The lowest BCUT2D eigenvalue weighted by atomic mass is 10.0. The van der Waals surface area contributed by atoms with E-state index in [0.29, 0.717) is 18.2 Å². The van der Waals surface area contributed by atoms with Crippen molar-refractivity contribution in [1.82, 2.24) is 5.32 Å². The maximum atomic E-state index is 5.80. The Bertz CT molecular complexity index is 361. The molecule has 0 bridgehead atoms. The summed E-state index contributed by atoms with van der Waals surface area (Å²) in [5.74, 6) is 0. The molecule has 1 aromatic rings. The van der Waals surface area contributed by atoms with Gasteiger partial charge in [-0.3, -0.25) is 0 Å². The summed E-state index contributed by atoms with van der Waals surface area (Å²) in [6, 6.07) is 8.74. The molecule has 0 radical (unpaired) electrons.